The molecular formula is C14H22F3NO2. The van der Waals surface area contributed by atoms with Crippen LogP contribution in [0.5, 0.6) is 0 Å². The summed E-state index contributed by atoms with van der Waals surface area (Å²) in [6.07, 6.45) is -3.28. The van der Waals surface area contributed by atoms with Crippen molar-refractivity contribution in [1.29, 1.82) is 0 Å². The van der Waals surface area contributed by atoms with Crippen LogP contribution in [0.1, 0.15) is 52.9 Å². The van der Waals surface area contributed by atoms with Gasteiger partial charge in [-0.2, -0.15) is 13.2 Å². The van der Waals surface area contributed by atoms with E-state index in [-0.39, 0.29) is 31.6 Å². The van der Waals surface area contributed by atoms with E-state index in [9.17, 15) is 22.8 Å². The Labute approximate surface area is 117 Å². The van der Waals surface area contributed by atoms with Crippen molar-refractivity contribution in [2.75, 3.05) is 0 Å². The Morgan fingerprint density at radius 3 is 2.00 bits per heavy atom. The molecule has 1 N–H and O–H groups in total. The van der Waals surface area contributed by atoms with Gasteiger partial charge in [0.15, 0.2) is 0 Å². The number of imide groups is 1. The monoisotopic (exact) mass is 293 g/mol. The van der Waals surface area contributed by atoms with Crippen LogP contribution in [0.2, 0.25) is 0 Å². The van der Waals surface area contributed by atoms with E-state index in [2.05, 4.69) is 5.32 Å². The van der Waals surface area contributed by atoms with Crippen molar-refractivity contribution in [3.05, 3.63) is 0 Å². The first kappa shape index (κ1) is 17.0. The molecule has 1 rings (SSSR count). The van der Waals surface area contributed by atoms with Crippen molar-refractivity contribution in [3.63, 3.8) is 0 Å². The number of hydrogen-bond donors (Lipinski definition) is 1. The molecular weight excluding hydrogens is 271 g/mol. The highest BCUT2D eigenvalue weighted by atomic mass is 19.4. The van der Waals surface area contributed by atoms with Crippen molar-refractivity contribution in [2.45, 2.75) is 59.1 Å². The maximum atomic E-state index is 12.5. The highest BCUT2D eigenvalue weighted by Gasteiger charge is 2.42. The number of amides is 2. The van der Waals surface area contributed by atoms with Gasteiger partial charge in [-0.1, -0.05) is 20.8 Å². The molecule has 0 aromatic rings. The quantitative estimate of drug-likeness (QED) is 0.866. The second-order valence-corrected chi connectivity index (χ2v) is 6.15. The summed E-state index contributed by atoms with van der Waals surface area (Å²) in [6.45, 7) is 5.31. The van der Waals surface area contributed by atoms with Gasteiger partial charge in [0.25, 0.3) is 0 Å². The summed E-state index contributed by atoms with van der Waals surface area (Å²) in [7, 11) is 0. The number of rotatable bonds is 3. The van der Waals surface area contributed by atoms with E-state index in [0.29, 0.717) is 6.42 Å². The van der Waals surface area contributed by atoms with Crippen LogP contribution in [0.4, 0.5) is 13.2 Å². The van der Waals surface area contributed by atoms with E-state index < -0.39 is 29.3 Å². The van der Waals surface area contributed by atoms with Gasteiger partial charge in [0, 0.05) is 11.3 Å². The van der Waals surface area contributed by atoms with E-state index in [4.69, 9.17) is 0 Å². The molecule has 0 bridgehead atoms. The predicted octanol–water partition coefficient (Wildman–Crippen LogP) is 3.43. The molecule has 1 aliphatic carbocycles. The Hall–Kier alpha value is -1.07. The molecule has 1 saturated carbocycles. The van der Waals surface area contributed by atoms with E-state index in [1.165, 1.54) is 0 Å². The maximum Gasteiger partial charge on any atom is 0.391 e. The summed E-state index contributed by atoms with van der Waals surface area (Å²) >= 11 is 0. The SMILES string of the molecule is CCC(C)(C)C(=O)NC(=O)C1CCC(C(F)(F)F)CC1. The topological polar surface area (TPSA) is 46.2 Å². The van der Waals surface area contributed by atoms with Gasteiger partial charge in [0.1, 0.15) is 0 Å². The molecule has 2 amide bonds. The largest absolute Gasteiger partial charge is 0.391 e. The van der Waals surface area contributed by atoms with Gasteiger partial charge in [0.05, 0.1) is 5.92 Å². The average molecular weight is 293 g/mol. The lowest BCUT2D eigenvalue weighted by Crippen LogP contribution is -2.44. The zero-order valence-electron chi connectivity index (χ0n) is 12.1. The molecule has 1 fully saturated rings. The van der Waals surface area contributed by atoms with Gasteiger partial charge in [-0.05, 0) is 32.1 Å². The summed E-state index contributed by atoms with van der Waals surface area (Å²) in [6, 6.07) is 0. The van der Waals surface area contributed by atoms with Gasteiger partial charge in [-0.3, -0.25) is 14.9 Å². The molecule has 1 aliphatic rings. The normalized spacial score (nSPS) is 24.3. The number of hydrogen-bond acceptors (Lipinski definition) is 2. The number of alkyl halides is 3. The van der Waals surface area contributed by atoms with Crippen molar-refractivity contribution in [1.82, 2.24) is 5.32 Å². The number of carbonyl (C=O) groups excluding carboxylic acids is 2. The van der Waals surface area contributed by atoms with Gasteiger partial charge in [0.2, 0.25) is 11.8 Å². The number of halogens is 3. The third kappa shape index (κ3) is 4.21. The second kappa shape index (κ2) is 6.14. The van der Waals surface area contributed by atoms with Gasteiger partial charge in [-0.15, -0.1) is 0 Å². The van der Waals surface area contributed by atoms with E-state index in [1.54, 1.807) is 13.8 Å². The highest BCUT2D eigenvalue weighted by molar-refractivity contribution is 5.98. The fourth-order valence-corrected chi connectivity index (χ4v) is 2.23. The van der Waals surface area contributed by atoms with E-state index in [0.717, 1.165) is 0 Å². The average Bonchev–Trinajstić information content (AvgIpc) is 2.37. The summed E-state index contributed by atoms with van der Waals surface area (Å²) in [5.41, 5.74) is -0.640. The smallest absolute Gasteiger partial charge is 0.296 e. The highest BCUT2D eigenvalue weighted by Crippen LogP contribution is 2.39. The standard InChI is InChI=1S/C14H22F3NO2/c1-4-13(2,3)12(20)18-11(19)9-5-7-10(8-6-9)14(15,16)17/h9-10H,4-8H2,1-3H3,(H,18,19,20). The zero-order chi connectivity index (χ0) is 15.6. The molecule has 116 valence electrons. The van der Waals surface area contributed by atoms with E-state index in [1.807, 2.05) is 6.92 Å². The van der Waals surface area contributed by atoms with Crippen LogP contribution in [0.15, 0.2) is 0 Å². The summed E-state index contributed by atoms with van der Waals surface area (Å²) in [4.78, 5) is 23.8. The molecule has 0 aromatic heterocycles. The lowest BCUT2D eigenvalue weighted by atomic mass is 9.81. The van der Waals surface area contributed by atoms with Crippen LogP contribution in [-0.4, -0.2) is 18.0 Å². The van der Waals surface area contributed by atoms with Crippen molar-refractivity contribution >= 4 is 11.8 Å². The minimum atomic E-state index is -4.18. The Kier molecular flexibility index (Phi) is 5.21. The predicted molar refractivity (Wildman–Crippen MR) is 68.7 cm³/mol. The second-order valence-electron chi connectivity index (χ2n) is 6.15. The van der Waals surface area contributed by atoms with Crippen LogP contribution in [-0.2, 0) is 9.59 Å². The fourth-order valence-electron chi connectivity index (χ4n) is 2.23. The molecule has 0 saturated heterocycles. The molecule has 0 spiro atoms. The first-order chi connectivity index (χ1) is 9.08. The summed E-state index contributed by atoms with van der Waals surface area (Å²) < 4.78 is 37.6. The molecule has 6 heteroatoms. The molecule has 0 radical (unpaired) electrons. The Bertz CT molecular complexity index is 369. The van der Waals surface area contributed by atoms with Crippen LogP contribution in [0.25, 0.3) is 0 Å². The molecule has 0 atom stereocenters. The van der Waals surface area contributed by atoms with Crippen molar-refractivity contribution in [2.24, 2.45) is 17.3 Å². The van der Waals surface area contributed by atoms with Crippen molar-refractivity contribution < 1.29 is 22.8 Å². The number of carbonyl (C=O) groups is 2. The Balaban J connectivity index is 2.50. The molecule has 0 unspecified atom stereocenters. The number of nitrogens with one attached hydrogen (secondary N) is 1. The Morgan fingerprint density at radius 2 is 1.60 bits per heavy atom. The third-order valence-electron chi connectivity index (χ3n) is 4.30. The maximum absolute atomic E-state index is 12.5. The molecule has 0 aliphatic heterocycles. The van der Waals surface area contributed by atoms with Crippen LogP contribution in [0.3, 0.4) is 0 Å². The lowest BCUT2D eigenvalue weighted by Gasteiger charge is -2.29. The van der Waals surface area contributed by atoms with Gasteiger partial charge in [-0.25, -0.2) is 0 Å². The molecule has 0 heterocycles. The van der Waals surface area contributed by atoms with Gasteiger partial charge < -0.3 is 0 Å². The van der Waals surface area contributed by atoms with Crippen LogP contribution in [0, 0.1) is 17.3 Å². The zero-order valence-corrected chi connectivity index (χ0v) is 12.1. The minimum Gasteiger partial charge on any atom is -0.296 e. The minimum absolute atomic E-state index is 0.0348. The molecule has 3 nitrogen and oxygen atoms in total. The lowest BCUT2D eigenvalue weighted by molar-refractivity contribution is -0.184. The Morgan fingerprint density at radius 1 is 1.10 bits per heavy atom. The van der Waals surface area contributed by atoms with Gasteiger partial charge >= 0.3 is 6.18 Å². The first-order valence-corrected chi connectivity index (χ1v) is 7.00. The van der Waals surface area contributed by atoms with E-state index >= 15 is 0 Å². The third-order valence-corrected chi connectivity index (χ3v) is 4.30. The fraction of sp³-hybridized carbons (Fsp3) is 0.857. The molecule has 0 aromatic carbocycles. The summed E-state index contributed by atoms with van der Waals surface area (Å²) in [5, 5.41) is 2.34. The summed E-state index contributed by atoms with van der Waals surface area (Å²) in [5.74, 6) is -2.58. The van der Waals surface area contributed by atoms with Crippen LogP contribution >= 0.6 is 0 Å². The first-order valence-electron chi connectivity index (χ1n) is 7.00. The molecule has 20 heavy (non-hydrogen) atoms. The van der Waals surface area contributed by atoms with Crippen molar-refractivity contribution in [3.8, 4) is 0 Å². The van der Waals surface area contributed by atoms with Crippen LogP contribution < -0.4 is 5.32 Å².